The van der Waals surface area contributed by atoms with Crippen molar-refractivity contribution in [2.45, 2.75) is 0 Å². The summed E-state index contributed by atoms with van der Waals surface area (Å²) in [5.41, 5.74) is 0.604. The number of carboxylic acid groups (broad SMARTS) is 1. The van der Waals surface area contributed by atoms with Crippen molar-refractivity contribution in [2.24, 2.45) is 0 Å². The number of benzene rings is 1. The Morgan fingerprint density at radius 1 is 1.62 bits per heavy atom. The summed E-state index contributed by atoms with van der Waals surface area (Å²) in [5, 5.41) is 16.9. The van der Waals surface area contributed by atoms with Gasteiger partial charge in [0.05, 0.1) is 4.47 Å². The fourth-order valence-electron chi connectivity index (χ4n) is 1.07. The fourth-order valence-corrected chi connectivity index (χ4v) is 1.57. The molecule has 0 amide bonds. The normalized spacial score (nSPS) is 10.0. The van der Waals surface area contributed by atoms with Crippen molar-refractivity contribution in [1.29, 1.82) is 5.26 Å². The number of para-hydroxylation sites is 1. The molecule has 0 radical (unpaired) electrons. The molecule has 1 aromatic carbocycles. The highest BCUT2D eigenvalue weighted by Gasteiger charge is 2.05. The Hall–Kier alpha value is -1.80. The Bertz CT molecular complexity index is 463. The topological polar surface area (TPSA) is 70.3 Å². The van der Waals surface area contributed by atoms with E-state index >= 15 is 0 Å². The van der Waals surface area contributed by atoms with Gasteiger partial charge in [-0.1, -0.05) is 12.1 Å². The van der Waals surface area contributed by atoms with E-state index < -0.39 is 5.97 Å². The average molecular weight is 282 g/mol. The predicted octanol–water partition coefficient (Wildman–Crippen LogP) is 2.45. The highest BCUT2D eigenvalue weighted by Crippen LogP contribution is 2.29. The van der Waals surface area contributed by atoms with Gasteiger partial charge in [-0.25, -0.2) is 4.79 Å². The molecular weight excluding hydrogens is 274 g/mol. The summed E-state index contributed by atoms with van der Waals surface area (Å²) in [4.78, 5) is 10.4. The molecule has 5 heteroatoms. The summed E-state index contributed by atoms with van der Waals surface area (Å²) in [6.45, 7) is -0.0868. The van der Waals surface area contributed by atoms with Crippen LogP contribution in [0, 0.1) is 11.3 Å². The molecule has 0 spiro atoms. The molecule has 0 fully saturated rings. The van der Waals surface area contributed by atoms with Gasteiger partial charge in [-0.3, -0.25) is 0 Å². The van der Waals surface area contributed by atoms with E-state index in [9.17, 15) is 4.79 Å². The van der Waals surface area contributed by atoms with Crippen molar-refractivity contribution in [3.05, 3.63) is 34.3 Å². The Labute approximate surface area is 101 Å². The van der Waals surface area contributed by atoms with Gasteiger partial charge < -0.3 is 9.84 Å². The number of hydrogen-bond donors (Lipinski definition) is 1. The molecule has 0 atom stereocenters. The molecule has 0 aliphatic rings. The van der Waals surface area contributed by atoms with E-state index in [4.69, 9.17) is 15.1 Å². The maximum atomic E-state index is 10.4. The molecule has 0 aromatic heterocycles. The summed E-state index contributed by atoms with van der Waals surface area (Å²) in [6, 6.07) is 7.07. The van der Waals surface area contributed by atoms with Crippen LogP contribution in [0.1, 0.15) is 5.56 Å². The Morgan fingerprint density at radius 3 is 3.00 bits per heavy atom. The predicted molar refractivity (Wildman–Crippen MR) is 61.9 cm³/mol. The number of carbonyl (C=O) groups is 1. The van der Waals surface area contributed by atoms with Gasteiger partial charge in [0.25, 0.3) is 0 Å². The van der Waals surface area contributed by atoms with Crippen LogP contribution in [0.2, 0.25) is 0 Å². The minimum Gasteiger partial charge on any atom is -0.478 e. The fraction of sp³-hybridized carbons (Fsp3) is 0.0909. The lowest BCUT2D eigenvalue weighted by Gasteiger charge is -2.07. The lowest BCUT2D eigenvalue weighted by Crippen LogP contribution is -1.97. The number of nitrogens with zero attached hydrogens (tertiary/aromatic N) is 1. The molecule has 0 saturated heterocycles. The summed E-state index contributed by atoms with van der Waals surface area (Å²) in [5.74, 6) is -0.576. The number of aliphatic carboxylic acids is 1. The van der Waals surface area contributed by atoms with Crippen molar-refractivity contribution in [1.82, 2.24) is 0 Å². The molecule has 1 rings (SSSR count). The van der Waals surface area contributed by atoms with Gasteiger partial charge in [0, 0.05) is 11.6 Å². The second kappa shape index (κ2) is 5.93. The first-order valence-electron chi connectivity index (χ1n) is 4.34. The number of hydrogen-bond acceptors (Lipinski definition) is 3. The third kappa shape index (κ3) is 3.41. The summed E-state index contributed by atoms with van der Waals surface area (Å²) in [6.07, 6.45) is 2.43. The van der Waals surface area contributed by atoms with Gasteiger partial charge in [0.1, 0.15) is 11.8 Å². The number of rotatable bonds is 4. The summed E-state index contributed by atoms with van der Waals surface area (Å²) >= 11 is 3.27. The van der Waals surface area contributed by atoms with Crippen LogP contribution in [0.3, 0.4) is 0 Å². The van der Waals surface area contributed by atoms with Crippen molar-refractivity contribution in [2.75, 3.05) is 6.61 Å². The second-order valence-corrected chi connectivity index (χ2v) is 3.63. The zero-order valence-electron chi connectivity index (χ0n) is 8.18. The number of ether oxygens (including phenoxy) is 1. The van der Waals surface area contributed by atoms with Gasteiger partial charge in [-0.2, -0.15) is 5.26 Å². The molecular formula is C11H8BrNO3. The van der Waals surface area contributed by atoms with E-state index in [1.54, 1.807) is 18.2 Å². The molecule has 1 N–H and O–H groups in total. The first-order chi connectivity index (χ1) is 7.65. The standard InChI is InChI=1S/C11H8BrNO3/c12-9-3-1-2-8(4-5-10(14)15)11(9)16-7-6-13/h1-5H,7H2,(H,14,15)/b5-4+. The molecule has 1 aromatic rings. The third-order valence-electron chi connectivity index (χ3n) is 1.68. The Kier molecular flexibility index (Phi) is 4.55. The van der Waals surface area contributed by atoms with E-state index in [1.165, 1.54) is 6.08 Å². The van der Waals surface area contributed by atoms with E-state index in [2.05, 4.69) is 15.9 Å². The van der Waals surface area contributed by atoms with Crippen LogP contribution in [0.5, 0.6) is 5.75 Å². The molecule has 0 aliphatic heterocycles. The maximum Gasteiger partial charge on any atom is 0.328 e. The third-order valence-corrected chi connectivity index (χ3v) is 2.31. The van der Waals surface area contributed by atoms with Crippen molar-refractivity contribution in [3.8, 4) is 11.8 Å². The molecule has 82 valence electrons. The lowest BCUT2D eigenvalue weighted by atomic mass is 10.2. The minimum atomic E-state index is -1.04. The monoisotopic (exact) mass is 281 g/mol. The van der Waals surface area contributed by atoms with Crippen molar-refractivity contribution >= 4 is 28.0 Å². The quantitative estimate of drug-likeness (QED) is 0.861. The largest absolute Gasteiger partial charge is 0.478 e. The molecule has 0 bridgehead atoms. The molecule has 0 heterocycles. The van der Waals surface area contributed by atoms with Crippen LogP contribution in [-0.4, -0.2) is 17.7 Å². The molecule has 0 aliphatic carbocycles. The zero-order chi connectivity index (χ0) is 12.0. The molecule has 4 nitrogen and oxygen atoms in total. The van der Waals surface area contributed by atoms with Crippen LogP contribution >= 0.6 is 15.9 Å². The molecule has 0 saturated carbocycles. The Morgan fingerprint density at radius 2 is 2.38 bits per heavy atom. The van der Waals surface area contributed by atoms with Gasteiger partial charge in [-0.15, -0.1) is 0 Å². The minimum absolute atomic E-state index is 0.0868. The summed E-state index contributed by atoms with van der Waals surface area (Å²) < 4.78 is 5.87. The molecule has 0 unspecified atom stereocenters. The zero-order valence-corrected chi connectivity index (χ0v) is 9.77. The summed E-state index contributed by atoms with van der Waals surface area (Å²) in [7, 11) is 0. The highest BCUT2D eigenvalue weighted by atomic mass is 79.9. The number of halogens is 1. The van der Waals surface area contributed by atoms with Gasteiger partial charge >= 0.3 is 5.97 Å². The van der Waals surface area contributed by atoms with E-state index in [-0.39, 0.29) is 6.61 Å². The van der Waals surface area contributed by atoms with E-state index in [0.717, 1.165) is 6.08 Å². The first kappa shape index (κ1) is 12.3. The van der Waals surface area contributed by atoms with Gasteiger partial charge in [0.15, 0.2) is 6.61 Å². The van der Waals surface area contributed by atoms with Crippen LogP contribution < -0.4 is 4.74 Å². The highest BCUT2D eigenvalue weighted by molar-refractivity contribution is 9.10. The molecule has 16 heavy (non-hydrogen) atoms. The van der Waals surface area contributed by atoms with Crippen LogP contribution in [0.25, 0.3) is 6.08 Å². The second-order valence-electron chi connectivity index (χ2n) is 2.78. The van der Waals surface area contributed by atoms with Crippen LogP contribution in [-0.2, 0) is 4.79 Å². The van der Waals surface area contributed by atoms with Crippen LogP contribution in [0.15, 0.2) is 28.7 Å². The average Bonchev–Trinajstić information content (AvgIpc) is 2.25. The SMILES string of the molecule is N#CCOc1c(Br)cccc1/C=C/C(=O)O. The van der Waals surface area contributed by atoms with Crippen LogP contribution in [0.4, 0.5) is 0 Å². The Balaban J connectivity index is 3.03. The lowest BCUT2D eigenvalue weighted by molar-refractivity contribution is -0.131. The van der Waals surface area contributed by atoms with Crippen molar-refractivity contribution < 1.29 is 14.6 Å². The maximum absolute atomic E-state index is 10.4. The van der Waals surface area contributed by atoms with Gasteiger partial charge in [-0.05, 0) is 28.1 Å². The first-order valence-corrected chi connectivity index (χ1v) is 5.13. The smallest absolute Gasteiger partial charge is 0.328 e. The van der Waals surface area contributed by atoms with Gasteiger partial charge in [0.2, 0.25) is 0 Å². The number of carboxylic acids is 1. The van der Waals surface area contributed by atoms with E-state index in [0.29, 0.717) is 15.8 Å². The number of nitriles is 1. The van der Waals surface area contributed by atoms with E-state index in [1.807, 2.05) is 6.07 Å². The van der Waals surface area contributed by atoms with Crippen molar-refractivity contribution in [3.63, 3.8) is 0 Å².